The molecular weight excluding hydrogens is 186 g/mol. The van der Waals surface area contributed by atoms with Gasteiger partial charge in [-0.2, -0.15) is 0 Å². The van der Waals surface area contributed by atoms with E-state index in [0.29, 0.717) is 12.2 Å². The van der Waals surface area contributed by atoms with E-state index in [2.05, 4.69) is 6.58 Å². The lowest BCUT2D eigenvalue weighted by atomic mass is 10.0. The summed E-state index contributed by atoms with van der Waals surface area (Å²) in [6, 6.07) is 4.04. The molecule has 1 aromatic rings. The van der Waals surface area contributed by atoms with Crippen LogP contribution in [0.4, 0.5) is 0 Å². The minimum atomic E-state index is 0.411. The van der Waals surface area contributed by atoms with Crippen molar-refractivity contribution in [2.24, 2.45) is 0 Å². The fourth-order valence-corrected chi connectivity index (χ4v) is 1.71. The lowest BCUT2D eigenvalue weighted by molar-refractivity contribution is 0.384. The van der Waals surface area contributed by atoms with Gasteiger partial charge in [-0.3, -0.25) is 0 Å². The lowest BCUT2D eigenvalue weighted by Gasteiger charge is -2.14. The zero-order valence-corrected chi connectivity index (χ0v) is 9.75. The summed E-state index contributed by atoms with van der Waals surface area (Å²) >= 11 is 0. The van der Waals surface area contributed by atoms with Gasteiger partial charge in [0.1, 0.15) is 5.75 Å². The number of aromatic hydroxyl groups is 1. The van der Waals surface area contributed by atoms with Crippen LogP contribution in [0.1, 0.15) is 16.7 Å². The molecule has 0 aromatic heterocycles. The summed E-state index contributed by atoms with van der Waals surface area (Å²) in [5.41, 5.74) is 3.13. The van der Waals surface area contributed by atoms with E-state index in [1.54, 1.807) is 0 Å². The molecule has 82 valence electrons. The minimum Gasteiger partial charge on any atom is -0.507 e. The van der Waals surface area contributed by atoms with Crippen LogP contribution < -0.4 is 0 Å². The summed E-state index contributed by atoms with van der Waals surface area (Å²) in [5, 5.41) is 10.0. The summed E-state index contributed by atoms with van der Waals surface area (Å²) in [5.74, 6) is 0.411. The number of phenols is 1. The lowest BCUT2D eigenvalue weighted by Crippen LogP contribution is -2.11. The summed E-state index contributed by atoms with van der Waals surface area (Å²) < 4.78 is 0. The highest BCUT2D eigenvalue weighted by Crippen LogP contribution is 2.26. The number of phenolic OH excluding ortho intramolecular Hbond substituents is 1. The maximum atomic E-state index is 10.0. The third kappa shape index (κ3) is 3.10. The fraction of sp³-hybridized carbons (Fsp3) is 0.385. The Labute approximate surface area is 91.9 Å². The van der Waals surface area contributed by atoms with Crippen molar-refractivity contribution in [3.05, 3.63) is 41.5 Å². The third-order valence-corrected chi connectivity index (χ3v) is 2.26. The van der Waals surface area contributed by atoms with Crippen LogP contribution in [0.5, 0.6) is 5.75 Å². The Balaban J connectivity index is 3.09. The van der Waals surface area contributed by atoms with E-state index in [1.807, 2.05) is 44.1 Å². The molecule has 0 amide bonds. The smallest absolute Gasteiger partial charge is 0.123 e. The van der Waals surface area contributed by atoms with Crippen molar-refractivity contribution in [2.45, 2.75) is 19.9 Å². The van der Waals surface area contributed by atoms with Gasteiger partial charge in [-0.25, -0.2) is 0 Å². The molecular formula is C13H19NO. The van der Waals surface area contributed by atoms with Gasteiger partial charge in [0.2, 0.25) is 0 Å². The highest BCUT2D eigenvalue weighted by atomic mass is 16.3. The summed E-state index contributed by atoms with van der Waals surface area (Å²) in [6.45, 7) is 6.50. The van der Waals surface area contributed by atoms with Crippen LogP contribution in [0.15, 0.2) is 24.8 Å². The van der Waals surface area contributed by atoms with Crippen LogP contribution in [0.25, 0.3) is 0 Å². The van der Waals surface area contributed by atoms with Gasteiger partial charge >= 0.3 is 0 Å². The van der Waals surface area contributed by atoms with Gasteiger partial charge in [-0.1, -0.05) is 23.8 Å². The zero-order valence-electron chi connectivity index (χ0n) is 9.75. The molecule has 1 aromatic carbocycles. The Bertz CT molecular complexity index is 356. The molecule has 0 saturated carbocycles. The van der Waals surface area contributed by atoms with Crippen LogP contribution in [0.3, 0.4) is 0 Å². The van der Waals surface area contributed by atoms with E-state index >= 15 is 0 Å². The summed E-state index contributed by atoms with van der Waals surface area (Å²) in [4.78, 5) is 2.05. The Morgan fingerprint density at radius 1 is 1.33 bits per heavy atom. The average molecular weight is 205 g/mol. The molecule has 0 atom stereocenters. The Morgan fingerprint density at radius 2 is 1.93 bits per heavy atom. The number of hydrogen-bond donors (Lipinski definition) is 1. The Kier molecular flexibility index (Phi) is 3.92. The number of benzene rings is 1. The second kappa shape index (κ2) is 4.99. The van der Waals surface area contributed by atoms with E-state index in [4.69, 9.17) is 0 Å². The minimum absolute atomic E-state index is 0.411. The zero-order chi connectivity index (χ0) is 11.4. The van der Waals surface area contributed by atoms with Crippen molar-refractivity contribution in [3.63, 3.8) is 0 Å². The van der Waals surface area contributed by atoms with Crippen LogP contribution in [-0.4, -0.2) is 24.1 Å². The van der Waals surface area contributed by atoms with Crippen molar-refractivity contribution in [1.82, 2.24) is 4.90 Å². The number of hydrogen-bond acceptors (Lipinski definition) is 2. The highest BCUT2D eigenvalue weighted by molar-refractivity contribution is 5.44. The van der Waals surface area contributed by atoms with Crippen molar-refractivity contribution >= 4 is 0 Å². The number of nitrogens with zero attached hydrogens (tertiary/aromatic N) is 1. The van der Waals surface area contributed by atoms with Crippen molar-refractivity contribution in [2.75, 3.05) is 14.1 Å². The molecule has 2 heteroatoms. The van der Waals surface area contributed by atoms with Gasteiger partial charge < -0.3 is 10.0 Å². The standard InChI is InChI=1S/C13H19NO/c1-5-6-11-7-10(2)8-12(13(11)15)9-14(3)4/h5,7-8,15H,1,6,9H2,2-4H3. The van der Waals surface area contributed by atoms with E-state index < -0.39 is 0 Å². The molecule has 0 fully saturated rings. The van der Waals surface area contributed by atoms with Crippen LogP contribution in [0, 0.1) is 6.92 Å². The van der Waals surface area contributed by atoms with Crippen molar-refractivity contribution < 1.29 is 5.11 Å². The number of rotatable bonds is 4. The molecule has 0 aliphatic rings. The molecule has 0 unspecified atom stereocenters. The van der Waals surface area contributed by atoms with Gasteiger partial charge in [0.25, 0.3) is 0 Å². The van der Waals surface area contributed by atoms with Gasteiger partial charge in [-0.05, 0) is 33.0 Å². The van der Waals surface area contributed by atoms with Crippen molar-refractivity contribution in [1.29, 1.82) is 0 Å². The maximum Gasteiger partial charge on any atom is 0.123 e. The van der Waals surface area contributed by atoms with E-state index in [0.717, 1.165) is 17.7 Å². The molecule has 1 rings (SSSR count). The molecule has 0 radical (unpaired) electrons. The van der Waals surface area contributed by atoms with Gasteiger partial charge in [0.15, 0.2) is 0 Å². The monoisotopic (exact) mass is 205 g/mol. The third-order valence-electron chi connectivity index (χ3n) is 2.26. The summed E-state index contributed by atoms with van der Waals surface area (Å²) in [6.07, 6.45) is 2.53. The van der Waals surface area contributed by atoms with Crippen LogP contribution >= 0.6 is 0 Å². The Hall–Kier alpha value is -1.28. The molecule has 0 aliphatic heterocycles. The largest absolute Gasteiger partial charge is 0.507 e. The van der Waals surface area contributed by atoms with Crippen molar-refractivity contribution in [3.8, 4) is 5.75 Å². The molecule has 0 heterocycles. The molecule has 0 aliphatic carbocycles. The first-order chi connectivity index (χ1) is 7.04. The molecule has 0 bridgehead atoms. The topological polar surface area (TPSA) is 23.5 Å². The SMILES string of the molecule is C=CCc1cc(C)cc(CN(C)C)c1O. The summed E-state index contributed by atoms with van der Waals surface area (Å²) in [7, 11) is 3.99. The van der Waals surface area contributed by atoms with Gasteiger partial charge in [0.05, 0.1) is 0 Å². The predicted molar refractivity (Wildman–Crippen MR) is 64.1 cm³/mol. The number of aryl methyl sites for hydroxylation is 1. The predicted octanol–water partition coefficient (Wildman–Crippen LogP) is 2.49. The van der Waals surface area contributed by atoms with Crippen LogP contribution in [-0.2, 0) is 13.0 Å². The van der Waals surface area contributed by atoms with E-state index in [1.165, 1.54) is 5.56 Å². The highest BCUT2D eigenvalue weighted by Gasteiger charge is 2.08. The molecule has 0 spiro atoms. The van der Waals surface area contributed by atoms with Gasteiger partial charge in [-0.15, -0.1) is 6.58 Å². The normalized spacial score (nSPS) is 10.7. The van der Waals surface area contributed by atoms with E-state index in [-0.39, 0.29) is 0 Å². The van der Waals surface area contributed by atoms with Crippen LogP contribution in [0.2, 0.25) is 0 Å². The first kappa shape index (κ1) is 11.8. The quantitative estimate of drug-likeness (QED) is 0.763. The van der Waals surface area contributed by atoms with E-state index in [9.17, 15) is 5.11 Å². The number of allylic oxidation sites excluding steroid dienone is 1. The maximum absolute atomic E-state index is 10.0. The first-order valence-electron chi connectivity index (χ1n) is 5.11. The molecule has 1 N–H and O–H groups in total. The molecule has 0 saturated heterocycles. The van der Waals surface area contributed by atoms with Gasteiger partial charge in [0, 0.05) is 12.1 Å². The Morgan fingerprint density at radius 3 is 2.47 bits per heavy atom. The molecule has 15 heavy (non-hydrogen) atoms. The second-order valence-corrected chi connectivity index (χ2v) is 4.16. The first-order valence-corrected chi connectivity index (χ1v) is 5.11. The second-order valence-electron chi connectivity index (χ2n) is 4.16. The average Bonchev–Trinajstić information content (AvgIpc) is 2.12. The molecule has 2 nitrogen and oxygen atoms in total. The fourth-order valence-electron chi connectivity index (χ4n) is 1.71.